The number of fused-ring (bicyclic) bond motifs is 1. The molecule has 1 amide bonds. The molecule has 2 heterocycles. The van der Waals surface area contributed by atoms with Crippen molar-refractivity contribution in [3.8, 4) is 5.75 Å². The summed E-state index contributed by atoms with van der Waals surface area (Å²) in [5, 5.41) is 2.97. The predicted molar refractivity (Wildman–Crippen MR) is 98.1 cm³/mol. The van der Waals surface area contributed by atoms with Crippen molar-refractivity contribution in [2.75, 3.05) is 52.6 Å². The van der Waals surface area contributed by atoms with Crippen molar-refractivity contribution in [1.29, 1.82) is 0 Å². The van der Waals surface area contributed by atoms with Crippen molar-refractivity contribution in [2.24, 2.45) is 0 Å². The number of carbonyl (C=O) groups is 1. The van der Waals surface area contributed by atoms with Gasteiger partial charge in [-0.2, -0.15) is 4.31 Å². The van der Waals surface area contributed by atoms with Crippen molar-refractivity contribution in [2.45, 2.75) is 19.3 Å². The van der Waals surface area contributed by atoms with Gasteiger partial charge in [-0.3, -0.25) is 9.69 Å². The van der Waals surface area contributed by atoms with Crippen LogP contribution in [-0.2, 0) is 22.9 Å². The van der Waals surface area contributed by atoms with Crippen LogP contribution in [0.3, 0.4) is 0 Å². The number of aryl methyl sites for hydroxylation is 1. The number of amides is 1. The van der Waals surface area contributed by atoms with E-state index < -0.39 is 10.0 Å². The first-order valence-electron chi connectivity index (χ1n) is 8.54. The lowest BCUT2D eigenvalue weighted by molar-refractivity contribution is 0.0946. The highest BCUT2D eigenvalue weighted by Crippen LogP contribution is 2.40. The molecule has 9 heteroatoms. The number of piperazine rings is 1. The van der Waals surface area contributed by atoms with Gasteiger partial charge >= 0.3 is 0 Å². The second-order valence-corrected chi connectivity index (χ2v) is 9.57. The van der Waals surface area contributed by atoms with E-state index in [4.69, 9.17) is 4.74 Å². The fraction of sp³-hybridized carbons (Fsp3) is 0.688. The number of sulfonamides is 1. The molecule has 1 aliphatic carbocycles. The first-order chi connectivity index (χ1) is 11.9. The third kappa shape index (κ3) is 4.16. The lowest BCUT2D eigenvalue weighted by atomic mass is 10.2. The fourth-order valence-electron chi connectivity index (χ4n) is 3.43. The molecule has 0 radical (unpaired) electrons. The molecule has 7 nitrogen and oxygen atoms in total. The molecule has 1 aliphatic heterocycles. The van der Waals surface area contributed by atoms with Gasteiger partial charge in [-0.15, -0.1) is 11.3 Å². The van der Waals surface area contributed by atoms with Crippen LogP contribution in [0, 0.1) is 0 Å². The third-order valence-corrected chi connectivity index (χ3v) is 7.37. The Kier molecular flexibility index (Phi) is 5.67. The number of rotatable bonds is 6. The molecule has 1 N–H and O–H groups in total. The van der Waals surface area contributed by atoms with E-state index in [0.717, 1.165) is 31.6 Å². The number of thiophene rings is 1. The zero-order chi connectivity index (χ0) is 18.0. The van der Waals surface area contributed by atoms with Gasteiger partial charge in [0.1, 0.15) is 10.6 Å². The monoisotopic (exact) mass is 387 g/mol. The van der Waals surface area contributed by atoms with E-state index in [0.29, 0.717) is 37.6 Å². The van der Waals surface area contributed by atoms with E-state index in [-0.39, 0.29) is 5.91 Å². The summed E-state index contributed by atoms with van der Waals surface area (Å²) in [6.07, 6.45) is 4.41. The lowest BCUT2D eigenvalue weighted by Crippen LogP contribution is -2.49. The summed E-state index contributed by atoms with van der Waals surface area (Å²) >= 11 is 1.55. The van der Waals surface area contributed by atoms with Crippen molar-refractivity contribution in [3.63, 3.8) is 0 Å². The summed E-state index contributed by atoms with van der Waals surface area (Å²) in [5.74, 6) is 0.669. The van der Waals surface area contributed by atoms with Crippen LogP contribution in [0.15, 0.2) is 0 Å². The first-order valence-corrected chi connectivity index (χ1v) is 11.2. The van der Waals surface area contributed by atoms with Gasteiger partial charge in [0.15, 0.2) is 0 Å². The Labute approximate surface area is 153 Å². The first kappa shape index (κ1) is 18.6. The van der Waals surface area contributed by atoms with Crippen LogP contribution in [0.4, 0.5) is 0 Å². The van der Waals surface area contributed by atoms with E-state index >= 15 is 0 Å². The second-order valence-electron chi connectivity index (χ2n) is 6.48. The largest absolute Gasteiger partial charge is 0.495 e. The second kappa shape index (κ2) is 7.61. The number of hydrogen-bond donors (Lipinski definition) is 1. The number of carbonyl (C=O) groups excluding carboxylic acids is 1. The Morgan fingerprint density at radius 3 is 2.60 bits per heavy atom. The molecule has 0 atom stereocenters. The Morgan fingerprint density at radius 2 is 1.96 bits per heavy atom. The van der Waals surface area contributed by atoms with Gasteiger partial charge in [-0.1, -0.05) is 0 Å². The standard InChI is InChI=1S/C16H25N3O4S2/c1-23-14-12-4-3-5-13(12)24-15(14)16(20)17-6-7-18-8-10-19(11-9-18)25(2,21)22/h3-11H2,1-2H3,(H,17,20). The molecule has 1 fully saturated rings. The summed E-state index contributed by atoms with van der Waals surface area (Å²) in [6.45, 7) is 3.68. The molecule has 2 aliphatic rings. The smallest absolute Gasteiger partial charge is 0.265 e. The van der Waals surface area contributed by atoms with E-state index in [9.17, 15) is 13.2 Å². The fourth-order valence-corrected chi connectivity index (χ4v) is 5.53. The van der Waals surface area contributed by atoms with Crippen LogP contribution in [0.2, 0.25) is 0 Å². The number of hydrogen-bond acceptors (Lipinski definition) is 6. The summed E-state index contributed by atoms with van der Waals surface area (Å²) in [5.41, 5.74) is 1.20. The molecule has 25 heavy (non-hydrogen) atoms. The maximum Gasteiger partial charge on any atom is 0.265 e. The van der Waals surface area contributed by atoms with Gasteiger partial charge < -0.3 is 10.1 Å². The SMILES string of the molecule is COc1c(C(=O)NCCN2CCN(S(C)(=O)=O)CC2)sc2c1CCC2. The Morgan fingerprint density at radius 1 is 1.24 bits per heavy atom. The zero-order valence-electron chi connectivity index (χ0n) is 14.7. The Bertz CT molecular complexity index is 737. The van der Waals surface area contributed by atoms with Crippen molar-refractivity contribution in [3.05, 3.63) is 15.3 Å². The highest BCUT2D eigenvalue weighted by atomic mass is 32.2. The minimum Gasteiger partial charge on any atom is -0.495 e. The number of nitrogens with zero attached hydrogens (tertiary/aromatic N) is 2. The Balaban J connectivity index is 1.48. The van der Waals surface area contributed by atoms with Gasteiger partial charge in [0, 0.05) is 49.7 Å². The molecular weight excluding hydrogens is 362 g/mol. The molecule has 1 aromatic rings. The molecule has 140 valence electrons. The predicted octanol–water partition coefficient (Wildman–Crippen LogP) is 0.552. The van der Waals surface area contributed by atoms with Gasteiger partial charge in [-0.25, -0.2) is 8.42 Å². The topological polar surface area (TPSA) is 79.0 Å². The normalized spacial score (nSPS) is 19.0. The van der Waals surface area contributed by atoms with E-state index in [1.54, 1.807) is 18.4 Å². The molecule has 0 unspecified atom stereocenters. The molecule has 3 rings (SSSR count). The van der Waals surface area contributed by atoms with E-state index in [2.05, 4.69) is 10.2 Å². The quantitative estimate of drug-likeness (QED) is 0.771. The minimum absolute atomic E-state index is 0.0778. The lowest BCUT2D eigenvalue weighted by Gasteiger charge is -2.33. The van der Waals surface area contributed by atoms with E-state index in [1.165, 1.54) is 21.0 Å². The van der Waals surface area contributed by atoms with Crippen molar-refractivity contribution in [1.82, 2.24) is 14.5 Å². The van der Waals surface area contributed by atoms with E-state index in [1.807, 2.05) is 0 Å². The van der Waals surface area contributed by atoms with Crippen LogP contribution in [0.1, 0.15) is 26.5 Å². The summed E-state index contributed by atoms with van der Waals surface area (Å²) in [4.78, 5) is 16.6. The maximum atomic E-state index is 12.5. The third-order valence-electron chi connectivity index (χ3n) is 4.80. The number of nitrogens with one attached hydrogen (secondary N) is 1. The molecule has 1 aromatic heterocycles. The highest BCUT2D eigenvalue weighted by molar-refractivity contribution is 7.88. The number of ether oxygens (including phenoxy) is 1. The molecule has 0 bridgehead atoms. The minimum atomic E-state index is -3.10. The maximum absolute atomic E-state index is 12.5. The van der Waals surface area contributed by atoms with Gasteiger partial charge in [0.25, 0.3) is 5.91 Å². The molecular formula is C16H25N3O4S2. The van der Waals surface area contributed by atoms with Crippen LogP contribution < -0.4 is 10.1 Å². The molecule has 0 spiro atoms. The van der Waals surface area contributed by atoms with Gasteiger partial charge in [0.05, 0.1) is 13.4 Å². The summed E-state index contributed by atoms with van der Waals surface area (Å²) in [6, 6.07) is 0. The average Bonchev–Trinajstić information content (AvgIpc) is 3.14. The van der Waals surface area contributed by atoms with Crippen LogP contribution in [-0.4, -0.2) is 76.2 Å². The summed E-state index contributed by atoms with van der Waals surface area (Å²) < 4.78 is 30.0. The van der Waals surface area contributed by atoms with Gasteiger partial charge in [-0.05, 0) is 19.3 Å². The summed E-state index contributed by atoms with van der Waals surface area (Å²) in [7, 11) is -1.48. The van der Waals surface area contributed by atoms with Gasteiger partial charge in [0.2, 0.25) is 10.0 Å². The molecule has 0 saturated carbocycles. The van der Waals surface area contributed by atoms with Crippen molar-refractivity contribution >= 4 is 27.3 Å². The molecule has 0 aromatic carbocycles. The molecule has 1 saturated heterocycles. The highest BCUT2D eigenvalue weighted by Gasteiger charge is 2.27. The van der Waals surface area contributed by atoms with Crippen molar-refractivity contribution < 1.29 is 17.9 Å². The zero-order valence-corrected chi connectivity index (χ0v) is 16.3. The van der Waals surface area contributed by atoms with Crippen LogP contribution in [0.5, 0.6) is 5.75 Å². The number of methoxy groups -OCH3 is 1. The van der Waals surface area contributed by atoms with Crippen LogP contribution in [0.25, 0.3) is 0 Å². The Hall–Kier alpha value is -1.16. The average molecular weight is 388 g/mol. The van der Waals surface area contributed by atoms with Crippen LogP contribution >= 0.6 is 11.3 Å².